The third-order valence-electron chi connectivity index (χ3n) is 5.63. The molecule has 1 aliphatic rings. The van der Waals surface area contributed by atoms with Gasteiger partial charge in [-0.1, -0.05) is 50.2 Å². The van der Waals surface area contributed by atoms with E-state index in [1.807, 2.05) is 42.5 Å². The predicted octanol–water partition coefficient (Wildman–Crippen LogP) is 1.69. The Morgan fingerprint density at radius 3 is 2.62 bits per heavy atom. The number of ether oxygens (including phenoxy) is 1. The van der Waals surface area contributed by atoms with Crippen molar-refractivity contribution < 1.29 is 23.9 Å². The van der Waals surface area contributed by atoms with E-state index in [1.54, 1.807) is 20.0 Å². The molecule has 9 nitrogen and oxygen atoms in total. The fourth-order valence-corrected chi connectivity index (χ4v) is 3.72. The third-order valence-corrected chi connectivity index (χ3v) is 5.63. The molecule has 2 aromatic rings. The van der Waals surface area contributed by atoms with Crippen molar-refractivity contribution in [1.82, 2.24) is 20.9 Å². The van der Waals surface area contributed by atoms with Crippen molar-refractivity contribution in [2.24, 2.45) is 5.92 Å². The van der Waals surface area contributed by atoms with Gasteiger partial charge < -0.3 is 20.7 Å². The van der Waals surface area contributed by atoms with Gasteiger partial charge in [-0.05, 0) is 42.4 Å². The molecule has 2 atom stereocenters. The number of alkyl carbamates (subject to hydrolysis) is 1. The molecule has 180 valence electrons. The second-order valence-corrected chi connectivity index (χ2v) is 8.51. The summed E-state index contributed by atoms with van der Waals surface area (Å²) in [6.07, 6.45) is 2.15. The summed E-state index contributed by atoms with van der Waals surface area (Å²) in [6.45, 7) is 3.90. The number of aryl methyl sites for hydroxylation is 1. The molecule has 0 saturated heterocycles. The van der Waals surface area contributed by atoms with Gasteiger partial charge >= 0.3 is 6.09 Å². The third kappa shape index (κ3) is 6.87. The first-order chi connectivity index (χ1) is 16.3. The van der Waals surface area contributed by atoms with Crippen molar-refractivity contribution >= 4 is 23.7 Å². The maximum atomic E-state index is 13.0. The van der Waals surface area contributed by atoms with Gasteiger partial charge in [0, 0.05) is 18.4 Å². The van der Waals surface area contributed by atoms with Crippen LogP contribution in [0.1, 0.15) is 37.1 Å². The molecule has 0 fully saturated rings. The lowest BCUT2D eigenvalue weighted by Gasteiger charge is -2.25. The van der Waals surface area contributed by atoms with Crippen molar-refractivity contribution in [2.45, 2.75) is 51.8 Å². The van der Waals surface area contributed by atoms with E-state index in [0.717, 1.165) is 16.8 Å². The van der Waals surface area contributed by atoms with Crippen LogP contribution in [0.15, 0.2) is 48.7 Å². The van der Waals surface area contributed by atoms with E-state index in [-0.39, 0.29) is 18.9 Å². The molecule has 9 heteroatoms. The van der Waals surface area contributed by atoms with Gasteiger partial charge in [-0.15, -0.1) is 0 Å². The van der Waals surface area contributed by atoms with Gasteiger partial charge in [-0.2, -0.15) is 0 Å². The maximum Gasteiger partial charge on any atom is 0.408 e. The Bertz CT molecular complexity index is 1020. The van der Waals surface area contributed by atoms with Crippen LogP contribution >= 0.6 is 0 Å². The molecule has 0 aliphatic carbocycles. The number of rotatable bonds is 6. The minimum absolute atomic E-state index is 0.0623. The SMILES string of the molecule is CC(C)C(NC(=O)OCc1ccccc1)C(=O)NC1CCc2ncccc2CCNC(=O)C1=O. The molecule has 3 amide bonds. The van der Waals surface area contributed by atoms with E-state index in [0.29, 0.717) is 19.4 Å². The van der Waals surface area contributed by atoms with Crippen molar-refractivity contribution in [3.63, 3.8) is 0 Å². The van der Waals surface area contributed by atoms with Crippen LogP contribution in [0.4, 0.5) is 4.79 Å². The first-order valence-electron chi connectivity index (χ1n) is 11.4. The molecule has 1 aliphatic heterocycles. The highest BCUT2D eigenvalue weighted by atomic mass is 16.5. The van der Waals surface area contributed by atoms with Crippen LogP contribution in [0.2, 0.25) is 0 Å². The van der Waals surface area contributed by atoms with Gasteiger partial charge in [-0.3, -0.25) is 19.4 Å². The quantitative estimate of drug-likeness (QED) is 0.556. The van der Waals surface area contributed by atoms with Crippen LogP contribution in [0, 0.1) is 5.92 Å². The summed E-state index contributed by atoms with van der Waals surface area (Å²) in [4.78, 5) is 54.8. The predicted molar refractivity (Wildman–Crippen MR) is 125 cm³/mol. The lowest BCUT2D eigenvalue weighted by molar-refractivity contribution is -0.140. The number of nitrogens with one attached hydrogen (secondary N) is 3. The summed E-state index contributed by atoms with van der Waals surface area (Å²) in [5.41, 5.74) is 2.63. The number of hydrogen-bond donors (Lipinski definition) is 3. The number of benzene rings is 1. The van der Waals surface area contributed by atoms with Gasteiger partial charge in [0.25, 0.3) is 5.91 Å². The molecule has 0 bridgehead atoms. The van der Waals surface area contributed by atoms with Crippen molar-refractivity contribution in [1.29, 1.82) is 0 Å². The smallest absolute Gasteiger partial charge is 0.408 e. The van der Waals surface area contributed by atoms with E-state index in [1.165, 1.54) is 0 Å². The van der Waals surface area contributed by atoms with E-state index in [9.17, 15) is 19.2 Å². The van der Waals surface area contributed by atoms with Gasteiger partial charge in [0.1, 0.15) is 12.6 Å². The number of amides is 3. The average Bonchev–Trinajstić information content (AvgIpc) is 2.83. The molecule has 34 heavy (non-hydrogen) atoms. The largest absolute Gasteiger partial charge is 0.445 e. The first kappa shape index (κ1) is 24.9. The van der Waals surface area contributed by atoms with E-state index < -0.39 is 35.8 Å². The topological polar surface area (TPSA) is 126 Å². The van der Waals surface area contributed by atoms with E-state index in [2.05, 4.69) is 20.9 Å². The Morgan fingerprint density at radius 1 is 1.12 bits per heavy atom. The zero-order chi connectivity index (χ0) is 24.5. The molecule has 2 unspecified atom stereocenters. The lowest BCUT2D eigenvalue weighted by atomic mass is 9.98. The highest BCUT2D eigenvalue weighted by Crippen LogP contribution is 2.13. The van der Waals surface area contributed by atoms with Gasteiger partial charge in [0.2, 0.25) is 11.7 Å². The van der Waals surface area contributed by atoms with Crippen molar-refractivity contribution in [3.05, 3.63) is 65.5 Å². The number of hydrogen-bond acceptors (Lipinski definition) is 6. The average molecular weight is 467 g/mol. The zero-order valence-corrected chi connectivity index (χ0v) is 19.4. The highest BCUT2D eigenvalue weighted by Gasteiger charge is 2.32. The molecule has 0 spiro atoms. The molecule has 3 N–H and O–H groups in total. The van der Waals surface area contributed by atoms with Crippen molar-refractivity contribution in [2.75, 3.05) is 6.54 Å². The number of pyridine rings is 1. The zero-order valence-electron chi connectivity index (χ0n) is 19.4. The standard InChI is InChI=1S/C25H30N4O5/c1-16(2)21(29-25(33)34-15-17-7-4-3-5-8-17)23(31)28-20-11-10-19-18(9-6-13-26-19)12-14-27-24(32)22(20)30/h3-9,13,16,20-21H,10-12,14-15H2,1-2H3,(H,27,32)(H,28,31)(H,29,33). The number of fused-ring (bicyclic) bond motifs is 1. The summed E-state index contributed by atoms with van der Waals surface area (Å²) in [7, 11) is 0. The summed E-state index contributed by atoms with van der Waals surface area (Å²) >= 11 is 0. The molecule has 0 saturated carbocycles. The molecule has 3 rings (SSSR count). The van der Waals surface area contributed by atoms with Crippen LogP contribution in [0.3, 0.4) is 0 Å². The molecule has 1 aromatic heterocycles. The maximum absolute atomic E-state index is 13.0. The van der Waals surface area contributed by atoms with Gasteiger partial charge in [0.15, 0.2) is 0 Å². The number of carbonyl (C=O) groups excluding carboxylic acids is 4. The van der Waals surface area contributed by atoms with Crippen LogP contribution in [0.25, 0.3) is 0 Å². The number of carbonyl (C=O) groups is 4. The highest BCUT2D eigenvalue weighted by molar-refractivity contribution is 6.38. The lowest BCUT2D eigenvalue weighted by Crippen LogP contribution is -2.55. The Balaban J connectivity index is 1.66. The molecular weight excluding hydrogens is 436 g/mol. The molecule has 1 aromatic carbocycles. The fraction of sp³-hybridized carbons (Fsp3) is 0.400. The summed E-state index contributed by atoms with van der Waals surface area (Å²) < 4.78 is 5.22. The Kier molecular flexibility index (Phi) is 8.73. The summed E-state index contributed by atoms with van der Waals surface area (Å²) in [6, 6.07) is 11.0. The molecule has 2 heterocycles. The van der Waals surface area contributed by atoms with E-state index >= 15 is 0 Å². The van der Waals surface area contributed by atoms with Gasteiger partial charge in [-0.25, -0.2) is 4.79 Å². The minimum Gasteiger partial charge on any atom is -0.445 e. The Morgan fingerprint density at radius 2 is 1.88 bits per heavy atom. The van der Waals surface area contributed by atoms with E-state index in [4.69, 9.17) is 4.74 Å². The number of ketones is 1. The Hall–Kier alpha value is -3.75. The van der Waals surface area contributed by atoms with Crippen LogP contribution < -0.4 is 16.0 Å². The number of Topliss-reactive ketones (excluding diaryl/α,β-unsaturated/α-hetero) is 1. The minimum atomic E-state index is -1.04. The van der Waals surface area contributed by atoms with Crippen LogP contribution in [0.5, 0.6) is 0 Å². The van der Waals surface area contributed by atoms with Gasteiger partial charge in [0.05, 0.1) is 6.04 Å². The second kappa shape index (κ2) is 11.9. The molecular formula is C25H30N4O5. The van der Waals surface area contributed by atoms with Crippen molar-refractivity contribution in [3.8, 4) is 0 Å². The summed E-state index contributed by atoms with van der Waals surface area (Å²) in [5.74, 6) is -2.30. The number of aromatic nitrogens is 1. The van der Waals surface area contributed by atoms with Crippen LogP contribution in [-0.4, -0.2) is 47.3 Å². The summed E-state index contributed by atoms with van der Waals surface area (Å²) in [5, 5.41) is 7.84. The first-order valence-corrected chi connectivity index (χ1v) is 11.4. The number of nitrogens with zero attached hydrogens (tertiary/aromatic N) is 1. The van der Waals surface area contributed by atoms with Crippen LogP contribution in [-0.2, 0) is 38.6 Å². The second-order valence-electron chi connectivity index (χ2n) is 8.51. The molecule has 0 radical (unpaired) electrons. The normalized spacial score (nSPS) is 17.2. The fourth-order valence-electron chi connectivity index (χ4n) is 3.72. The Labute approximate surface area is 198 Å². The monoisotopic (exact) mass is 466 g/mol.